The molecule has 1 saturated heterocycles. The van der Waals surface area contributed by atoms with Gasteiger partial charge in [-0.3, -0.25) is 19.7 Å². The van der Waals surface area contributed by atoms with Crippen molar-refractivity contribution in [3.8, 4) is 0 Å². The summed E-state index contributed by atoms with van der Waals surface area (Å²) in [4.78, 5) is 39.8. The maximum atomic E-state index is 13.1. The number of nitrogens with one attached hydrogen (secondary N) is 1. The molecule has 0 aromatic heterocycles. The van der Waals surface area contributed by atoms with Crippen LogP contribution in [0.5, 0.6) is 0 Å². The van der Waals surface area contributed by atoms with Gasteiger partial charge in [-0.25, -0.2) is 0 Å². The molecule has 1 N–H and O–H groups in total. The van der Waals surface area contributed by atoms with Crippen molar-refractivity contribution in [2.45, 2.75) is 77.3 Å². The monoisotopic (exact) mass is 448 g/mol. The van der Waals surface area contributed by atoms with Gasteiger partial charge in [0, 0.05) is 6.54 Å². The Kier molecular flexibility index (Phi) is 9.25. The van der Waals surface area contributed by atoms with Crippen LogP contribution in [0.15, 0.2) is 30.3 Å². The first-order valence-electron chi connectivity index (χ1n) is 11.1. The molecule has 1 aromatic rings. The van der Waals surface area contributed by atoms with E-state index >= 15 is 0 Å². The van der Waals surface area contributed by atoms with Crippen molar-refractivity contribution in [2.75, 3.05) is 13.2 Å². The number of carbonyl (C=O) groups is 3. The summed E-state index contributed by atoms with van der Waals surface area (Å²) in [5, 5.41) is 3.15. The molecule has 0 unspecified atom stereocenters. The topological polar surface area (TPSA) is 84.9 Å². The van der Waals surface area contributed by atoms with Crippen LogP contribution in [0.3, 0.4) is 0 Å². The zero-order valence-electron chi connectivity index (χ0n) is 19.3. The third-order valence-corrected chi connectivity index (χ3v) is 5.99. The number of nitrogens with zero attached hydrogens (tertiary/aromatic N) is 1. The van der Waals surface area contributed by atoms with Crippen LogP contribution in [0, 0.1) is 0 Å². The summed E-state index contributed by atoms with van der Waals surface area (Å²) in [7, 11) is -2.04. The zero-order chi connectivity index (χ0) is 23.0. The van der Waals surface area contributed by atoms with E-state index in [9.17, 15) is 14.4 Å². The van der Waals surface area contributed by atoms with Gasteiger partial charge in [0.2, 0.25) is 14.2 Å². The second-order valence-corrected chi connectivity index (χ2v) is 13.4. The molecule has 1 aromatic carbocycles. The summed E-state index contributed by atoms with van der Waals surface area (Å²) in [6.45, 7) is 10.1. The quantitative estimate of drug-likeness (QED) is 0.438. The Labute approximate surface area is 186 Å². The van der Waals surface area contributed by atoms with E-state index in [1.807, 2.05) is 50.0 Å². The molecule has 1 aliphatic heterocycles. The van der Waals surface area contributed by atoms with Gasteiger partial charge in [-0.1, -0.05) is 30.3 Å². The average Bonchev–Trinajstić information content (AvgIpc) is 3.20. The van der Waals surface area contributed by atoms with Gasteiger partial charge >= 0.3 is 11.9 Å². The first kappa shape index (κ1) is 25.1. The van der Waals surface area contributed by atoms with Crippen molar-refractivity contribution in [1.29, 1.82) is 0 Å². The summed E-state index contributed by atoms with van der Waals surface area (Å²) in [6.07, 6.45) is 2.57. The fourth-order valence-corrected chi connectivity index (χ4v) is 4.47. The first-order chi connectivity index (χ1) is 14.6. The first-order valence-corrected chi connectivity index (χ1v) is 14.5. The third-order valence-electron chi connectivity index (χ3n) is 5.17. The van der Waals surface area contributed by atoms with Gasteiger partial charge in [0.25, 0.3) is 0 Å². The van der Waals surface area contributed by atoms with Gasteiger partial charge < -0.3 is 14.1 Å². The number of amides is 1. The number of aryl methyl sites for hydroxylation is 1. The van der Waals surface area contributed by atoms with Gasteiger partial charge in [0.15, 0.2) is 0 Å². The Morgan fingerprint density at radius 1 is 1.19 bits per heavy atom. The molecule has 1 fully saturated rings. The van der Waals surface area contributed by atoms with E-state index in [-0.39, 0.29) is 24.5 Å². The number of hydrogen-bond acceptors (Lipinski definition) is 6. The van der Waals surface area contributed by atoms with Gasteiger partial charge in [0.05, 0.1) is 12.6 Å². The van der Waals surface area contributed by atoms with Crippen LogP contribution in [-0.2, 0) is 30.0 Å². The lowest BCUT2D eigenvalue weighted by atomic mass is 10.0. The van der Waals surface area contributed by atoms with E-state index < -0.39 is 26.4 Å². The molecule has 1 aliphatic rings. The number of benzene rings is 1. The molecule has 31 heavy (non-hydrogen) atoms. The molecule has 1 amide bonds. The minimum atomic E-state index is -2.04. The van der Waals surface area contributed by atoms with Gasteiger partial charge in [-0.2, -0.15) is 0 Å². The van der Waals surface area contributed by atoms with Crippen molar-refractivity contribution in [2.24, 2.45) is 0 Å². The molecular weight excluding hydrogens is 412 g/mol. The van der Waals surface area contributed by atoms with E-state index in [1.165, 1.54) is 0 Å². The highest BCUT2D eigenvalue weighted by atomic mass is 28.4. The molecular formula is C23H36N2O5Si. The summed E-state index contributed by atoms with van der Waals surface area (Å²) in [5.41, 5.74) is 1.12. The summed E-state index contributed by atoms with van der Waals surface area (Å²) < 4.78 is 10.8. The molecule has 0 radical (unpaired) electrons. The Balaban J connectivity index is 2.03. The normalized spacial score (nSPS) is 18.4. The van der Waals surface area contributed by atoms with Crippen LogP contribution in [0.4, 0.5) is 0 Å². The van der Waals surface area contributed by atoms with E-state index in [2.05, 4.69) is 5.32 Å². The number of hydrogen-bond donors (Lipinski definition) is 1. The van der Waals surface area contributed by atoms with Crippen LogP contribution >= 0.6 is 0 Å². The maximum Gasteiger partial charge on any atom is 0.323 e. The van der Waals surface area contributed by atoms with E-state index in [0.29, 0.717) is 25.8 Å². The molecule has 7 nitrogen and oxygen atoms in total. The van der Waals surface area contributed by atoms with E-state index in [1.54, 1.807) is 18.7 Å². The fourth-order valence-electron chi connectivity index (χ4n) is 3.73. The molecule has 8 heteroatoms. The van der Waals surface area contributed by atoms with E-state index in [0.717, 1.165) is 12.0 Å². The van der Waals surface area contributed by atoms with Crippen molar-refractivity contribution in [1.82, 2.24) is 10.2 Å². The Bertz CT molecular complexity index is 750. The fraction of sp³-hybridized carbons (Fsp3) is 0.609. The summed E-state index contributed by atoms with van der Waals surface area (Å²) in [6, 6.07) is 8.12. The number of likely N-dealkylation sites (tertiary alicyclic amines) is 1. The highest BCUT2D eigenvalue weighted by Gasteiger charge is 2.39. The molecule has 0 saturated carbocycles. The predicted octanol–water partition coefficient (Wildman–Crippen LogP) is 2.90. The summed E-state index contributed by atoms with van der Waals surface area (Å²) in [5.74, 6) is -0.874. The number of esters is 1. The lowest BCUT2D eigenvalue weighted by molar-refractivity contribution is -0.149. The highest BCUT2D eigenvalue weighted by Crippen LogP contribution is 2.21. The van der Waals surface area contributed by atoms with Crippen molar-refractivity contribution in [3.05, 3.63) is 35.9 Å². The molecule has 0 spiro atoms. The minimum absolute atomic E-state index is 0.191. The Hall–Kier alpha value is -2.19. The van der Waals surface area contributed by atoms with Crippen molar-refractivity contribution in [3.63, 3.8) is 0 Å². The van der Waals surface area contributed by atoms with Crippen LogP contribution in [0.2, 0.25) is 19.6 Å². The zero-order valence-corrected chi connectivity index (χ0v) is 20.3. The molecule has 0 aliphatic carbocycles. The number of ether oxygens (including phenoxy) is 1. The molecule has 172 valence electrons. The lowest BCUT2D eigenvalue weighted by Gasteiger charge is -2.30. The van der Waals surface area contributed by atoms with Crippen LogP contribution in [0.25, 0.3) is 0 Å². The second kappa shape index (κ2) is 11.4. The van der Waals surface area contributed by atoms with E-state index in [4.69, 9.17) is 9.16 Å². The Morgan fingerprint density at radius 3 is 2.48 bits per heavy atom. The average molecular weight is 449 g/mol. The predicted molar refractivity (Wildman–Crippen MR) is 122 cm³/mol. The summed E-state index contributed by atoms with van der Waals surface area (Å²) >= 11 is 0. The van der Waals surface area contributed by atoms with Gasteiger partial charge in [-0.05, 0) is 64.7 Å². The lowest BCUT2D eigenvalue weighted by Crippen LogP contribution is -2.54. The second-order valence-electron chi connectivity index (χ2n) is 8.94. The van der Waals surface area contributed by atoms with Crippen LogP contribution in [-0.4, -0.2) is 62.3 Å². The molecule has 3 atom stereocenters. The van der Waals surface area contributed by atoms with Gasteiger partial charge in [0.1, 0.15) is 12.1 Å². The highest BCUT2D eigenvalue weighted by molar-refractivity contribution is 6.71. The third kappa shape index (κ3) is 7.77. The number of rotatable bonds is 10. The molecule has 2 rings (SSSR count). The SMILES string of the molecule is CCOC(=O)[C@H](CCc1ccccc1)N[C@@H](C)C(=O)N1CCC[C@H]1C(=O)O[Si](C)(C)C. The Morgan fingerprint density at radius 2 is 1.87 bits per heavy atom. The number of carbonyl (C=O) groups excluding carboxylic acids is 3. The largest absolute Gasteiger partial charge is 0.518 e. The van der Waals surface area contributed by atoms with Gasteiger partial charge in [-0.15, -0.1) is 0 Å². The van der Waals surface area contributed by atoms with Crippen molar-refractivity contribution < 1.29 is 23.5 Å². The maximum absolute atomic E-state index is 13.1. The van der Waals surface area contributed by atoms with Crippen LogP contribution < -0.4 is 5.32 Å². The molecule has 1 heterocycles. The standard InChI is InChI=1S/C23H36N2O5Si/c1-6-29-22(27)19(15-14-18-11-8-7-9-12-18)24-17(2)21(26)25-16-10-13-20(25)23(28)30-31(3,4)5/h7-9,11-12,17,19-20,24H,6,10,13-16H2,1-5H3/t17-,19-,20-/m0/s1. The van der Waals surface area contributed by atoms with Crippen molar-refractivity contribution >= 4 is 26.2 Å². The minimum Gasteiger partial charge on any atom is -0.518 e. The van der Waals surface area contributed by atoms with Crippen LogP contribution in [0.1, 0.15) is 38.7 Å². The molecule has 0 bridgehead atoms. The smallest absolute Gasteiger partial charge is 0.323 e.